The summed E-state index contributed by atoms with van der Waals surface area (Å²) in [5.74, 6) is -1.07. The second-order valence-electron chi connectivity index (χ2n) is 4.05. The van der Waals surface area contributed by atoms with Gasteiger partial charge in [-0.3, -0.25) is 4.79 Å². The molecule has 1 unspecified atom stereocenters. The summed E-state index contributed by atoms with van der Waals surface area (Å²) in [6, 6.07) is 12.9. The van der Waals surface area contributed by atoms with Gasteiger partial charge in [0.2, 0.25) is 15.6 Å². The molecule has 0 aliphatic heterocycles. The average molecular weight is 357 g/mol. The van der Waals surface area contributed by atoms with E-state index < -0.39 is 21.1 Å². The van der Waals surface area contributed by atoms with Crippen LogP contribution in [0.5, 0.6) is 0 Å². The van der Waals surface area contributed by atoms with Crippen molar-refractivity contribution in [3.05, 3.63) is 64.6 Å². The molecular formula is C14H10BrFO3S. The van der Waals surface area contributed by atoms with E-state index in [2.05, 4.69) is 15.9 Å². The lowest BCUT2D eigenvalue weighted by molar-refractivity contribution is 0.0933. The molecule has 20 heavy (non-hydrogen) atoms. The van der Waals surface area contributed by atoms with E-state index in [1.54, 1.807) is 18.2 Å². The number of rotatable bonds is 4. The van der Waals surface area contributed by atoms with Crippen LogP contribution in [0.3, 0.4) is 0 Å². The summed E-state index contributed by atoms with van der Waals surface area (Å²) >= 11 is 3.18. The molecule has 6 heteroatoms. The largest absolute Gasteiger partial charge is 0.290 e. The minimum Gasteiger partial charge on any atom is -0.290 e. The van der Waals surface area contributed by atoms with Gasteiger partial charge in [-0.15, -0.1) is 0 Å². The SMILES string of the molecule is O=C(c1ccc(Br)cc1)C(F)S(=O)(=O)c1ccccc1. The van der Waals surface area contributed by atoms with Crippen LogP contribution in [0.1, 0.15) is 10.4 Å². The van der Waals surface area contributed by atoms with E-state index in [0.29, 0.717) is 0 Å². The molecular weight excluding hydrogens is 347 g/mol. The number of hydrogen-bond donors (Lipinski definition) is 0. The number of carbonyl (C=O) groups excluding carboxylic acids is 1. The molecule has 0 saturated carbocycles. The van der Waals surface area contributed by atoms with Crippen LogP contribution in [-0.4, -0.2) is 19.7 Å². The number of alkyl halides is 1. The minimum absolute atomic E-state index is 0.0141. The number of hydrogen-bond acceptors (Lipinski definition) is 3. The molecule has 0 aromatic heterocycles. The van der Waals surface area contributed by atoms with Crippen molar-refractivity contribution in [3.63, 3.8) is 0 Å². The fraction of sp³-hybridized carbons (Fsp3) is 0.0714. The topological polar surface area (TPSA) is 51.2 Å². The highest BCUT2D eigenvalue weighted by atomic mass is 79.9. The lowest BCUT2D eigenvalue weighted by Gasteiger charge is -2.09. The van der Waals surface area contributed by atoms with Crippen molar-refractivity contribution in [2.75, 3.05) is 0 Å². The van der Waals surface area contributed by atoms with Gasteiger partial charge >= 0.3 is 0 Å². The molecule has 0 amide bonds. The van der Waals surface area contributed by atoms with E-state index in [0.717, 1.165) is 4.47 Å². The Morgan fingerprint density at radius 1 is 1.00 bits per heavy atom. The number of benzene rings is 2. The summed E-state index contributed by atoms with van der Waals surface area (Å²) in [7, 11) is -4.32. The van der Waals surface area contributed by atoms with Crippen LogP contribution < -0.4 is 0 Å². The van der Waals surface area contributed by atoms with Gasteiger partial charge in [0.05, 0.1) is 4.90 Å². The molecule has 104 valence electrons. The molecule has 0 heterocycles. The molecule has 2 aromatic carbocycles. The first-order chi connectivity index (χ1) is 9.43. The van der Waals surface area contributed by atoms with Crippen molar-refractivity contribution in [1.82, 2.24) is 0 Å². The van der Waals surface area contributed by atoms with Gasteiger partial charge in [-0.25, -0.2) is 12.8 Å². The van der Waals surface area contributed by atoms with Crippen LogP contribution in [0.25, 0.3) is 0 Å². The summed E-state index contributed by atoms with van der Waals surface area (Å²) in [6.07, 6.45) is 0. The zero-order chi connectivity index (χ0) is 14.8. The fourth-order valence-electron chi connectivity index (χ4n) is 1.62. The van der Waals surface area contributed by atoms with E-state index in [1.807, 2.05) is 0 Å². The van der Waals surface area contributed by atoms with Gasteiger partial charge < -0.3 is 0 Å². The highest BCUT2D eigenvalue weighted by Crippen LogP contribution is 2.21. The normalized spacial score (nSPS) is 12.9. The third-order valence-electron chi connectivity index (χ3n) is 2.68. The van der Waals surface area contributed by atoms with Gasteiger partial charge in [-0.05, 0) is 24.3 Å². The smallest absolute Gasteiger partial charge is 0.267 e. The van der Waals surface area contributed by atoms with Gasteiger partial charge in [-0.1, -0.05) is 46.3 Å². The summed E-state index contributed by atoms with van der Waals surface area (Å²) < 4.78 is 38.8. The van der Waals surface area contributed by atoms with Gasteiger partial charge in [0, 0.05) is 10.0 Å². The third kappa shape index (κ3) is 2.96. The van der Waals surface area contributed by atoms with Crippen molar-refractivity contribution in [3.8, 4) is 0 Å². The molecule has 0 aliphatic carbocycles. The van der Waals surface area contributed by atoms with Crippen molar-refractivity contribution in [2.24, 2.45) is 0 Å². The Kier molecular flexibility index (Phi) is 4.35. The lowest BCUT2D eigenvalue weighted by Crippen LogP contribution is -2.26. The van der Waals surface area contributed by atoms with Crippen LogP contribution in [-0.2, 0) is 9.84 Å². The van der Waals surface area contributed by atoms with Crippen molar-refractivity contribution < 1.29 is 17.6 Å². The second-order valence-corrected chi connectivity index (χ2v) is 6.94. The van der Waals surface area contributed by atoms with E-state index in [9.17, 15) is 17.6 Å². The maximum atomic E-state index is 14.1. The van der Waals surface area contributed by atoms with Crippen molar-refractivity contribution in [2.45, 2.75) is 10.4 Å². The molecule has 0 aliphatic rings. The molecule has 0 bridgehead atoms. The molecule has 0 fully saturated rings. The Bertz CT molecular complexity index is 712. The number of carbonyl (C=O) groups is 1. The number of ketones is 1. The first-order valence-electron chi connectivity index (χ1n) is 5.66. The predicted octanol–water partition coefficient (Wildman–Crippen LogP) is 3.40. The van der Waals surface area contributed by atoms with E-state index in [1.165, 1.54) is 36.4 Å². The van der Waals surface area contributed by atoms with E-state index in [-0.39, 0.29) is 10.5 Å². The van der Waals surface area contributed by atoms with Gasteiger partial charge in [0.25, 0.3) is 5.50 Å². The monoisotopic (exact) mass is 356 g/mol. The zero-order valence-electron chi connectivity index (χ0n) is 10.2. The maximum absolute atomic E-state index is 14.1. The van der Waals surface area contributed by atoms with Gasteiger partial charge in [-0.2, -0.15) is 0 Å². The number of Topliss-reactive ketones (excluding diaryl/α,β-unsaturated/α-hetero) is 1. The molecule has 0 spiro atoms. The highest BCUT2D eigenvalue weighted by molar-refractivity contribution is 9.10. The molecule has 2 rings (SSSR count). The Morgan fingerprint density at radius 2 is 1.55 bits per heavy atom. The summed E-state index contributed by atoms with van der Waals surface area (Å²) in [6.45, 7) is 0. The Balaban J connectivity index is 2.33. The second kappa shape index (κ2) is 5.85. The van der Waals surface area contributed by atoms with E-state index in [4.69, 9.17) is 0 Å². The maximum Gasteiger partial charge on any atom is 0.267 e. The zero-order valence-corrected chi connectivity index (χ0v) is 12.6. The molecule has 2 aromatic rings. The van der Waals surface area contributed by atoms with Crippen LogP contribution in [0.4, 0.5) is 4.39 Å². The van der Waals surface area contributed by atoms with Crippen LogP contribution in [0, 0.1) is 0 Å². The lowest BCUT2D eigenvalue weighted by atomic mass is 10.1. The van der Waals surface area contributed by atoms with Crippen LogP contribution >= 0.6 is 15.9 Å². The Hall–Kier alpha value is -1.53. The molecule has 1 atom stereocenters. The predicted molar refractivity (Wildman–Crippen MR) is 77.0 cm³/mol. The first-order valence-corrected chi connectivity index (χ1v) is 7.99. The van der Waals surface area contributed by atoms with Gasteiger partial charge in [0.1, 0.15) is 0 Å². The van der Waals surface area contributed by atoms with Crippen molar-refractivity contribution >= 4 is 31.6 Å². The summed E-state index contributed by atoms with van der Waals surface area (Å²) in [5, 5.41) is 0. The fourth-order valence-corrected chi connectivity index (χ4v) is 3.07. The van der Waals surface area contributed by atoms with Gasteiger partial charge in [0.15, 0.2) is 0 Å². The standard InChI is InChI=1S/C14H10BrFO3S/c15-11-8-6-10(7-9-11)13(17)14(16)20(18,19)12-4-2-1-3-5-12/h1-9,14H. The summed E-state index contributed by atoms with van der Waals surface area (Å²) in [4.78, 5) is 11.7. The van der Waals surface area contributed by atoms with Crippen LogP contribution in [0.15, 0.2) is 64.0 Å². The summed E-state index contributed by atoms with van der Waals surface area (Å²) in [5.41, 5.74) is -2.59. The molecule has 0 radical (unpaired) electrons. The van der Waals surface area contributed by atoms with Crippen molar-refractivity contribution in [1.29, 1.82) is 0 Å². The van der Waals surface area contributed by atoms with E-state index >= 15 is 0 Å². The Morgan fingerprint density at radius 3 is 2.10 bits per heavy atom. The highest BCUT2D eigenvalue weighted by Gasteiger charge is 2.34. The number of sulfone groups is 1. The molecule has 3 nitrogen and oxygen atoms in total. The molecule has 0 N–H and O–H groups in total. The Labute approximate surface area is 124 Å². The number of halogens is 2. The molecule has 0 saturated heterocycles. The van der Waals surface area contributed by atoms with Crippen LogP contribution in [0.2, 0.25) is 0 Å². The quantitative estimate of drug-likeness (QED) is 0.788. The average Bonchev–Trinajstić information content (AvgIpc) is 2.47. The first kappa shape index (κ1) is 14.9. The third-order valence-corrected chi connectivity index (χ3v) is 4.90. The minimum atomic E-state index is -4.32.